The van der Waals surface area contributed by atoms with Crippen molar-refractivity contribution in [3.05, 3.63) is 23.9 Å². The van der Waals surface area contributed by atoms with Crippen LogP contribution in [-0.2, 0) is 4.74 Å². The molecule has 0 radical (unpaired) electrons. The van der Waals surface area contributed by atoms with Crippen molar-refractivity contribution < 1.29 is 4.74 Å². The molecule has 0 saturated heterocycles. The van der Waals surface area contributed by atoms with Crippen molar-refractivity contribution in [3.8, 4) is 0 Å². The van der Waals surface area contributed by atoms with E-state index in [9.17, 15) is 0 Å². The maximum absolute atomic E-state index is 5.50. The summed E-state index contributed by atoms with van der Waals surface area (Å²) in [5.41, 5.74) is 8.17. The molecule has 2 rings (SSSR count). The maximum atomic E-state index is 5.50. The van der Waals surface area contributed by atoms with Gasteiger partial charge in [0.2, 0.25) is 0 Å². The summed E-state index contributed by atoms with van der Waals surface area (Å²) in [7, 11) is 0. The van der Waals surface area contributed by atoms with Crippen LogP contribution in [0.4, 0.5) is 0 Å². The highest BCUT2D eigenvalue weighted by Crippen LogP contribution is 2.23. The van der Waals surface area contributed by atoms with Gasteiger partial charge in [0, 0.05) is 18.8 Å². The van der Waals surface area contributed by atoms with Crippen LogP contribution in [0.1, 0.15) is 19.8 Å². The van der Waals surface area contributed by atoms with Gasteiger partial charge in [0.05, 0.1) is 0 Å². The van der Waals surface area contributed by atoms with E-state index in [1.165, 1.54) is 24.1 Å². The number of nitrogens with zero attached hydrogens (tertiary/aromatic N) is 2. The third-order valence-electron chi connectivity index (χ3n) is 3.12. The Labute approximate surface area is 96.5 Å². The van der Waals surface area contributed by atoms with Crippen molar-refractivity contribution in [2.75, 3.05) is 19.7 Å². The van der Waals surface area contributed by atoms with E-state index in [0.717, 1.165) is 13.1 Å². The molecule has 0 aromatic rings. The summed E-state index contributed by atoms with van der Waals surface area (Å²) in [6.45, 7) is 8.61. The summed E-state index contributed by atoms with van der Waals surface area (Å²) in [6, 6.07) is 0.490. The van der Waals surface area contributed by atoms with Gasteiger partial charge in [0.25, 0.3) is 6.02 Å². The molecule has 0 aliphatic carbocycles. The van der Waals surface area contributed by atoms with Gasteiger partial charge in [-0.15, -0.1) is 0 Å². The second-order valence-electron chi connectivity index (χ2n) is 4.35. The highest BCUT2D eigenvalue weighted by atomic mass is 16.5. The van der Waals surface area contributed by atoms with Crippen LogP contribution in [0.15, 0.2) is 28.9 Å². The molecule has 0 bridgehead atoms. The first-order chi connectivity index (χ1) is 7.70. The molecule has 4 heteroatoms. The van der Waals surface area contributed by atoms with Gasteiger partial charge in [-0.25, -0.2) is 4.99 Å². The van der Waals surface area contributed by atoms with E-state index in [4.69, 9.17) is 10.5 Å². The Balaban J connectivity index is 2.04. The number of nitrogens with two attached hydrogens (primary N) is 1. The standard InChI is InChI=1S/C12H19N3O/c1-3-11-9(2)5-4-6-15(11)7-10-8-16-12(13)14-10/h3,10H,1,4-8H2,2H3,(H2,13,14)/t10-/m0/s1. The van der Waals surface area contributed by atoms with Crippen LogP contribution in [0.25, 0.3) is 0 Å². The molecule has 0 fully saturated rings. The van der Waals surface area contributed by atoms with E-state index >= 15 is 0 Å². The van der Waals surface area contributed by atoms with Crippen LogP contribution in [0.3, 0.4) is 0 Å². The molecule has 4 nitrogen and oxygen atoms in total. The molecule has 2 N–H and O–H groups in total. The third-order valence-corrected chi connectivity index (χ3v) is 3.12. The van der Waals surface area contributed by atoms with Gasteiger partial charge in [0.15, 0.2) is 0 Å². The van der Waals surface area contributed by atoms with Crippen LogP contribution in [0.5, 0.6) is 0 Å². The Kier molecular flexibility index (Phi) is 3.17. The number of aliphatic imine (C=N–C) groups is 1. The van der Waals surface area contributed by atoms with E-state index in [1.54, 1.807) is 0 Å². The molecular weight excluding hydrogens is 202 g/mol. The fourth-order valence-electron chi connectivity index (χ4n) is 2.33. The summed E-state index contributed by atoms with van der Waals surface area (Å²) in [4.78, 5) is 6.59. The summed E-state index contributed by atoms with van der Waals surface area (Å²) in [5, 5.41) is 0. The minimum atomic E-state index is 0.167. The fourth-order valence-corrected chi connectivity index (χ4v) is 2.33. The lowest BCUT2D eigenvalue weighted by molar-refractivity contribution is 0.257. The number of hydrogen-bond donors (Lipinski definition) is 1. The first-order valence-corrected chi connectivity index (χ1v) is 5.74. The molecule has 0 amide bonds. The van der Waals surface area contributed by atoms with Crippen LogP contribution in [0.2, 0.25) is 0 Å². The highest BCUT2D eigenvalue weighted by Gasteiger charge is 2.22. The highest BCUT2D eigenvalue weighted by molar-refractivity contribution is 5.73. The summed E-state index contributed by atoms with van der Waals surface area (Å²) >= 11 is 0. The summed E-state index contributed by atoms with van der Waals surface area (Å²) < 4.78 is 5.16. The number of amidine groups is 1. The first-order valence-electron chi connectivity index (χ1n) is 5.74. The lowest BCUT2D eigenvalue weighted by Crippen LogP contribution is -2.34. The maximum Gasteiger partial charge on any atom is 0.282 e. The molecule has 0 saturated carbocycles. The molecule has 0 aromatic carbocycles. The van der Waals surface area contributed by atoms with Crippen molar-refractivity contribution in [2.45, 2.75) is 25.8 Å². The Morgan fingerprint density at radius 2 is 2.50 bits per heavy atom. The fraction of sp³-hybridized carbons (Fsp3) is 0.583. The minimum absolute atomic E-state index is 0.167. The molecule has 16 heavy (non-hydrogen) atoms. The largest absolute Gasteiger partial charge is 0.463 e. The lowest BCUT2D eigenvalue weighted by Gasteiger charge is -2.32. The van der Waals surface area contributed by atoms with Crippen molar-refractivity contribution in [1.29, 1.82) is 0 Å². The van der Waals surface area contributed by atoms with Crippen molar-refractivity contribution in [1.82, 2.24) is 4.90 Å². The van der Waals surface area contributed by atoms with Crippen LogP contribution in [0, 0.1) is 0 Å². The average Bonchev–Trinajstić information content (AvgIpc) is 2.64. The predicted molar refractivity (Wildman–Crippen MR) is 65.1 cm³/mol. The second kappa shape index (κ2) is 4.60. The van der Waals surface area contributed by atoms with Gasteiger partial charge >= 0.3 is 0 Å². The normalized spacial score (nSPS) is 25.4. The second-order valence-corrected chi connectivity index (χ2v) is 4.35. The zero-order valence-corrected chi connectivity index (χ0v) is 9.78. The molecule has 88 valence electrons. The Morgan fingerprint density at radius 3 is 3.12 bits per heavy atom. The van der Waals surface area contributed by atoms with Crippen molar-refractivity contribution >= 4 is 6.02 Å². The van der Waals surface area contributed by atoms with E-state index in [-0.39, 0.29) is 6.04 Å². The van der Waals surface area contributed by atoms with Gasteiger partial charge in [-0.1, -0.05) is 6.58 Å². The molecule has 2 aliphatic rings. The van der Waals surface area contributed by atoms with E-state index in [0.29, 0.717) is 12.6 Å². The predicted octanol–water partition coefficient (Wildman–Crippen LogP) is 1.26. The third kappa shape index (κ3) is 2.21. The van der Waals surface area contributed by atoms with E-state index < -0.39 is 0 Å². The molecule has 0 unspecified atom stereocenters. The van der Waals surface area contributed by atoms with Crippen LogP contribution >= 0.6 is 0 Å². The molecule has 2 aliphatic heterocycles. The zero-order valence-electron chi connectivity index (χ0n) is 9.78. The Hall–Kier alpha value is -1.45. The molecular formula is C12H19N3O. The van der Waals surface area contributed by atoms with Crippen molar-refractivity contribution in [3.63, 3.8) is 0 Å². The number of ether oxygens (including phenoxy) is 1. The summed E-state index contributed by atoms with van der Waals surface area (Å²) in [5.74, 6) is 0. The van der Waals surface area contributed by atoms with Gasteiger partial charge in [-0.2, -0.15) is 0 Å². The minimum Gasteiger partial charge on any atom is -0.463 e. The molecule has 2 heterocycles. The quantitative estimate of drug-likeness (QED) is 0.780. The number of hydrogen-bond acceptors (Lipinski definition) is 4. The monoisotopic (exact) mass is 221 g/mol. The van der Waals surface area contributed by atoms with Gasteiger partial charge in [-0.3, -0.25) is 0 Å². The Bertz CT molecular complexity index is 346. The zero-order chi connectivity index (χ0) is 11.5. The SMILES string of the molecule is C=CC1=C(C)CCCN1C[C@H]1COC(N)=N1. The molecule has 0 spiro atoms. The smallest absolute Gasteiger partial charge is 0.282 e. The lowest BCUT2D eigenvalue weighted by atomic mass is 10.0. The number of rotatable bonds is 3. The molecule has 0 aromatic heterocycles. The van der Waals surface area contributed by atoms with Crippen LogP contribution in [-0.4, -0.2) is 36.7 Å². The van der Waals surface area contributed by atoms with Crippen molar-refractivity contribution in [2.24, 2.45) is 10.7 Å². The van der Waals surface area contributed by atoms with Crippen LogP contribution < -0.4 is 5.73 Å². The summed E-state index contributed by atoms with van der Waals surface area (Å²) in [6.07, 6.45) is 4.32. The van der Waals surface area contributed by atoms with Gasteiger partial charge < -0.3 is 15.4 Å². The van der Waals surface area contributed by atoms with E-state index in [1.807, 2.05) is 6.08 Å². The Morgan fingerprint density at radius 1 is 1.69 bits per heavy atom. The molecule has 1 atom stereocenters. The average molecular weight is 221 g/mol. The topological polar surface area (TPSA) is 50.9 Å². The van der Waals surface area contributed by atoms with Gasteiger partial charge in [-0.05, 0) is 31.4 Å². The van der Waals surface area contributed by atoms with Gasteiger partial charge in [0.1, 0.15) is 12.6 Å². The first kappa shape index (κ1) is 11.0. The van der Waals surface area contributed by atoms with E-state index in [2.05, 4.69) is 23.4 Å². The number of allylic oxidation sites excluding steroid dienone is 2.